The first-order valence-corrected chi connectivity index (χ1v) is 6.52. The first-order chi connectivity index (χ1) is 9.28. The van der Waals surface area contributed by atoms with Gasteiger partial charge in [0.15, 0.2) is 5.69 Å². The van der Waals surface area contributed by atoms with Crippen molar-refractivity contribution in [1.29, 1.82) is 0 Å². The van der Waals surface area contributed by atoms with Crippen LogP contribution in [0.4, 0.5) is 0 Å². The van der Waals surface area contributed by atoms with Gasteiger partial charge in [-0.2, -0.15) is 9.36 Å². The molecule has 5 nitrogen and oxygen atoms in total. The van der Waals surface area contributed by atoms with Crippen LogP contribution in [0, 0.1) is 6.92 Å². The van der Waals surface area contributed by atoms with E-state index >= 15 is 0 Å². The number of hydrogen-bond donors (Lipinski definition) is 1. The maximum absolute atomic E-state index is 11.6. The fourth-order valence-corrected chi connectivity index (χ4v) is 2.01. The zero-order chi connectivity index (χ0) is 14.9. The smallest absolute Gasteiger partial charge is 0.488 e. The molecule has 0 aliphatic carbocycles. The molecule has 1 N–H and O–H groups in total. The van der Waals surface area contributed by atoms with Gasteiger partial charge in [-0.15, -0.1) is 5.10 Å². The Morgan fingerprint density at radius 3 is 2.60 bits per heavy atom. The van der Waals surface area contributed by atoms with Crippen molar-refractivity contribution in [2.45, 2.75) is 33.3 Å². The second-order valence-corrected chi connectivity index (χ2v) is 5.81. The first-order valence-electron chi connectivity index (χ1n) is 6.52. The normalized spacial score (nSPS) is 11.4. The third-order valence-electron chi connectivity index (χ3n) is 2.91. The lowest BCUT2D eigenvalue weighted by atomic mass is 10.1. The van der Waals surface area contributed by atoms with Gasteiger partial charge in [-0.05, 0) is 51.5 Å². The summed E-state index contributed by atoms with van der Waals surface area (Å²) in [4.78, 5) is 11.6. The lowest BCUT2D eigenvalue weighted by Crippen LogP contribution is -2.50. The minimum atomic E-state index is -0.239. The van der Waals surface area contributed by atoms with Crippen LogP contribution < -0.4 is 15.0 Å². The number of aryl methyl sites for hydroxylation is 1. The fraction of sp³-hybridized carbons (Fsp3) is 0.400. The van der Waals surface area contributed by atoms with Crippen LogP contribution in [0.5, 0.6) is 5.75 Å². The lowest BCUT2D eigenvalue weighted by molar-refractivity contribution is -0.679. The molecular weight excluding hydrogens is 254 g/mol. The SMILES string of the molecule is Cc1cc(OC(C)(C)C)ccc1-c1cn[nH]c(=O)[n+]1C. The van der Waals surface area contributed by atoms with Crippen molar-refractivity contribution in [3.05, 3.63) is 40.4 Å². The van der Waals surface area contributed by atoms with Crippen molar-refractivity contribution >= 4 is 0 Å². The van der Waals surface area contributed by atoms with Gasteiger partial charge in [0.2, 0.25) is 0 Å². The number of aromatic nitrogens is 3. The highest BCUT2D eigenvalue weighted by molar-refractivity contribution is 5.61. The Morgan fingerprint density at radius 1 is 1.30 bits per heavy atom. The van der Waals surface area contributed by atoms with Crippen LogP contribution in [0.15, 0.2) is 29.2 Å². The summed E-state index contributed by atoms with van der Waals surface area (Å²) in [5.74, 6) is 0.819. The van der Waals surface area contributed by atoms with Gasteiger partial charge in [0.25, 0.3) is 0 Å². The molecule has 0 fully saturated rings. The molecule has 0 amide bonds. The quantitative estimate of drug-likeness (QED) is 0.849. The van der Waals surface area contributed by atoms with Gasteiger partial charge < -0.3 is 4.74 Å². The Labute approximate surface area is 118 Å². The van der Waals surface area contributed by atoms with E-state index in [4.69, 9.17) is 4.74 Å². The third kappa shape index (κ3) is 3.04. The van der Waals surface area contributed by atoms with E-state index in [0.29, 0.717) is 0 Å². The van der Waals surface area contributed by atoms with Gasteiger partial charge in [-0.1, -0.05) is 5.10 Å². The molecule has 2 aromatic rings. The number of nitrogens with zero attached hydrogens (tertiary/aromatic N) is 2. The van der Waals surface area contributed by atoms with Crippen LogP contribution in [0.2, 0.25) is 0 Å². The van der Waals surface area contributed by atoms with E-state index < -0.39 is 0 Å². The van der Waals surface area contributed by atoms with Gasteiger partial charge in [0.05, 0.1) is 7.05 Å². The zero-order valence-corrected chi connectivity index (χ0v) is 12.5. The summed E-state index contributed by atoms with van der Waals surface area (Å²) in [5, 5.41) is 6.26. The number of rotatable bonds is 2. The molecule has 5 heteroatoms. The molecule has 20 heavy (non-hydrogen) atoms. The van der Waals surface area contributed by atoms with Crippen LogP contribution in [0.1, 0.15) is 26.3 Å². The third-order valence-corrected chi connectivity index (χ3v) is 2.91. The number of aromatic amines is 1. The van der Waals surface area contributed by atoms with Gasteiger partial charge in [-0.3, -0.25) is 0 Å². The topological polar surface area (TPSA) is 58.9 Å². The maximum Gasteiger partial charge on any atom is 0.516 e. The Kier molecular flexibility index (Phi) is 3.61. The molecule has 106 valence electrons. The first kappa shape index (κ1) is 14.2. The van der Waals surface area contributed by atoms with Gasteiger partial charge in [0, 0.05) is 5.56 Å². The van der Waals surface area contributed by atoms with Crippen molar-refractivity contribution in [2.24, 2.45) is 7.05 Å². The predicted octanol–water partition coefficient (Wildman–Crippen LogP) is 1.75. The molecule has 0 bridgehead atoms. The molecule has 0 spiro atoms. The summed E-state index contributed by atoms with van der Waals surface area (Å²) >= 11 is 0. The number of ether oxygens (including phenoxy) is 1. The van der Waals surface area contributed by atoms with Gasteiger partial charge in [0.1, 0.15) is 17.5 Å². The van der Waals surface area contributed by atoms with Crippen LogP contribution in [-0.2, 0) is 7.05 Å². The highest BCUT2D eigenvalue weighted by Crippen LogP contribution is 2.26. The molecule has 1 heterocycles. The average molecular weight is 274 g/mol. The summed E-state index contributed by atoms with van der Waals surface area (Å²) in [6.07, 6.45) is 1.65. The Morgan fingerprint density at radius 2 is 2.00 bits per heavy atom. The van der Waals surface area contributed by atoms with E-state index in [1.165, 1.54) is 0 Å². The maximum atomic E-state index is 11.6. The second kappa shape index (κ2) is 5.07. The van der Waals surface area contributed by atoms with Crippen LogP contribution in [0.25, 0.3) is 11.3 Å². The van der Waals surface area contributed by atoms with Gasteiger partial charge in [-0.25, -0.2) is 0 Å². The van der Waals surface area contributed by atoms with E-state index in [2.05, 4.69) is 10.2 Å². The largest absolute Gasteiger partial charge is 0.516 e. The van der Waals surface area contributed by atoms with Crippen molar-refractivity contribution in [3.63, 3.8) is 0 Å². The van der Waals surface area contributed by atoms with Crippen molar-refractivity contribution < 1.29 is 9.30 Å². The van der Waals surface area contributed by atoms with E-state index in [1.54, 1.807) is 17.8 Å². The molecular formula is C15H20N3O2+. The molecule has 1 aromatic heterocycles. The lowest BCUT2D eigenvalue weighted by Gasteiger charge is -2.21. The molecule has 2 rings (SSSR count). The minimum absolute atomic E-state index is 0.232. The summed E-state index contributed by atoms with van der Waals surface area (Å²) in [5.41, 5.74) is 2.30. The molecule has 0 aliphatic rings. The van der Waals surface area contributed by atoms with E-state index in [1.807, 2.05) is 45.9 Å². The summed E-state index contributed by atoms with van der Waals surface area (Å²) in [7, 11) is 1.72. The van der Waals surface area contributed by atoms with Gasteiger partial charge >= 0.3 is 5.69 Å². The monoisotopic (exact) mass is 274 g/mol. The number of H-pyrrole nitrogens is 1. The molecule has 0 saturated carbocycles. The highest BCUT2D eigenvalue weighted by atomic mass is 16.5. The number of benzene rings is 1. The standard InChI is InChI=1S/C15H19N3O2/c1-10-8-11(20-15(2,3)4)6-7-12(10)13-9-16-17-14(19)18(13)5/h6-9H,1-5H3/p+1. The van der Waals surface area contributed by atoms with Crippen LogP contribution in [0.3, 0.4) is 0 Å². The molecule has 0 radical (unpaired) electrons. The van der Waals surface area contributed by atoms with Crippen LogP contribution in [-0.4, -0.2) is 15.8 Å². The predicted molar refractivity (Wildman–Crippen MR) is 76.6 cm³/mol. The van der Waals surface area contributed by atoms with Crippen LogP contribution >= 0.6 is 0 Å². The summed E-state index contributed by atoms with van der Waals surface area (Å²) in [6.45, 7) is 8.02. The Hall–Kier alpha value is -2.17. The second-order valence-electron chi connectivity index (χ2n) is 5.81. The number of nitrogens with one attached hydrogen (secondary N) is 1. The van der Waals surface area contributed by atoms with E-state index in [-0.39, 0.29) is 11.3 Å². The van der Waals surface area contributed by atoms with E-state index in [9.17, 15) is 4.79 Å². The van der Waals surface area contributed by atoms with Crippen molar-refractivity contribution in [1.82, 2.24) is 10.2 Å². The molecule has 0 atom stereocenters. The Bertz CT molecular complexity index is 684. The molecule has 0 unspecified atom stereocenters. The highest BCUT2D eigenvalue weighted by Gasteiger charge is 2.16. The number of hydrogen-bond acceptors (Lipinski definition) is 3. The zero-order valence-electron chi connectivity index (χ0n) is 12.5. The minimum Gasteiger partial charge on any atom is -0.488 e. The molecule has 0 saturated heterocycles. The molecule has 1 aromatic carbocycles. The molecule has 0 aliphatic heterocycles. The van der Waals surface area contributed by atoms with Crippen molar-refractivity contribution in [3.8, 4) is 17.0 Å². The average Bonchev–Trinajstić information content (AvgIpc) is 2.31. The summed E-state index contributed by atoms with van der Waals surface area (Å²) in [6, 6.07) is 5.84. The summed E-state index contributed by atoms with van der Waals surface area (Å²) < 4.78 is 7.38. The Balaban J connectivity index is 2.45. The van der Waals surface area contributed by atoms with E-state index in [0.717, 1.165) is 22.6 Å². The van der Waals surface area contributed by atoms with Crippen molar-refractivity contribution in [2.75, 3.05) is 0 Å². The fourth-order valence-electron chi connectivity index (χ4n) is 2.01.